The number of halogens is 3. The van der Waals surface area contributed by atoms with E-state index >= 15 is 0 Å². The molecule has 3 nitrogen and oxygen atoms in total. The average molecular weight is 476 g/mol. The minimum atomic E-state index is -0.547. The van der Waals surface area contributed by atoms with Crippen LogP contribution in [0, 0.1) is 11.6 Å². The zero-order chi connectivity index (χ0) is 24.1. The maximum atomic E-state index is 13.5. The van der Waals surface area contributed by atoms with Crippen molar-refractivity contribution < 1.29 is 18.7 Å². The Hall–Kier alpha value is -3.96. The van der Waals surface area contributed by atoms with E-state index in [0.717, 1.165) is 5.56 Å². The Kier molecular flexibility index (Phi) is 7.04. The number of para-hydroxylation sites is 1. The Morgan fingerprint density at radius 1 is 0.882 bits per heavy atom. The molecule has 0 saturated carbocycles. The molecular weight excluding hydrogens is 456 g/mol. The van der Waals surface area contributed by atoms with E-state index < -0.39 is 11.7 Å². The lowest BCUT2D eigenvalue weighted by Gasteiger charge is -2.15. The maximum absolute atomic E-state index is 13.5. The van der Waals surface area contributed by atoms with Gasteiger partial charge in [0.05, 0.1) is 16.3 Å². The molecule has 2 N–H and O–H groups in total. The number of aromatic hydroxyl groups is 1. The highest BCUT2D eigenvalue weighted by atomic mass is 35.5. The van der Waals surface area contributed by atoms with Gasteiger partial charge in [-0.25, -0.2) is 8.78 Å². The number of carbonyl (C=O) groups is 1. The second-order valence-electron chi connectivity index (χ2n) is 7.59. The fourth-order valence-corrected chi connectivity index (χ4v) is 3.73. The molecule has 0 unspecified atom stereocenters. The summed E-state index contributed by atoms with van der Waals surface area (Å²) in [4.78, 5) is 13.3. The molecule has 0 fully saturated rings. The van der Waals surface area contributed by atoms with Crippen LogP contribution in [-0.2, 0) is 6.42 Å². The molecule has 0 saturated heterocycles. The summed E-state index contributed by atoms with van der Waals surface area (Å²) in [6.07, 6.45) is 3.95. The third-order valence-corrected chi connectivity index (χ3v) is 5.61. The van der Waals surface area contributed by atoms with Crippen LogP contribution in [0.1, 0.15) is 21.5 Å². The predicted molar refractivity (Wildman–Crippen MR) is 132 cm³/mol. The SMILES string of the molecule is O=C(Nc1ccccc1Cl)c1c(-c2ccc(F)cc2)ccc(C/C=C/c2ccc(F)cc2)c1O. The Labute approximate surface area is 201 Å². The van der Waals surface area contributed by atoms with Crippen molar-refractivity contribution in [2.45, 2.75) is 6.42 Å². The van der Waals surface area contributed by atoms with Crippen LogP contribution in [0.15, 0.2) is 91.0 Å². The van der Waals surface area contributed by atoms with Gasteiger partial charge in [-0.1, -0.05) is 72.3 Å². The number of carbonyl (C=O) groups excluding carboxylic acids is 1. The lowest BCUT2D eigenvalue weighted by Crippen LogP contribution is -2.14. The molecule has 34 heavy (non-hydrogen) atoms. The number of rotatable bonds is 6. The highest BCUT2D eigenvalue weighted by Crippen LogP contribution is 2.35. The molecule has 0 aliphatic rings. The van der Waals surface area contributed by atoms with E-state index in [0.29, 0.717) is 33.8 Å². The Morgan fingerprint density at radius 2 is 1.53 bits per heavy atom. The molecule has 4 aromatic carbocycles. The van der Waals surface area contributed by atoms with Gasteiger partial charge < -0.3 is 10.4 Å². The molecule has 0 aliphatic carbocycles. The normalized spacial score (nSPS) is 11.0. The van der Waals surface area contributed by atoms with Gasteiger partial charge in [-0.3, -0.25) is 4.79 Å². The van der Waals surface area contributed by atoms with Crippen molar-refractivity contribution in [3.63, 3.8) is 0 Å². The number of allylic oxidation sites excluding steroid dienone is 1. The predicted octanol–water partition coefficient (Wildman–Crippen LogP) is 7.50. The lowest BCUT2D eigenvalue weighted by atomic mass is 9.94. The van der Waals surface area contributed by atoms with E-state index in [1.54, 1.807) is 66.7 Å². The second kappa shape index (κ2) is 10.3. The van der Waals surface area contributed by atoms with Crippen LogP contribution < -0.4 is 5.32 Å². The number of anilines is 1. The Bertz CT molecular complexity index is 1350. The summed E-state index contributed by atoms with van der Waals surface area (Å²) in [6, 6.07) is 21.9. The van der Waals surface area contributed by atoms with Crippen LogP contribution in [-0.4, -0.2) is 11.0 Å². The number of phenolic OH excluding ortho intramolecular Hbond substituents is 1. The molecule has 4 rings (SSSR count). The molecule has 6 heteroatoms. The number of benzene rings is 4. The van der Waals surface area contributed by atoms with Gasteiger partial charge in [-0.2, -0.15) is 0 Å². The smallest absolute Gasteiger partial charge is 0.260 e. The molecule has 0 atom stereocenters. The van der Waals surface area contributed by atoms with Crippen LogP contribution in [0.25, 0.3) is 17.2 Å². The summed E-state index contributed by atoms with van der Waals surface area (Å²) in [5.41, 5.74) is 2.82. The molecule has 1 amide bonds. The van der Waals surface area contributed by atoms with Gasteiger partial charge >= 0.3 is 0 Å². The second-order valence-corrected chi connectivity index (χ2v) is 8.00. The third-order valence-electron chi connectivity index (χ3n) is 5.28. The topological polar surface area (TPSA) is 49.3 Å². The first kappa shape index (κ1) is 23.2. The van der Waals surface area contributed by atoms with Crippen molar-refractivity contribution >= 4 is 29.3 Å². The largest absolute Gasteiger partial charge is 0.507 e. The monoisotopic (exact) mass is 475 g/mol. The third kappa shape index (κ3) is 5.33. The highest BCUT2D eigenvalue weighted by molar-refractivity contribution is 6.34. The number of amides is 1. The Balaban J connectivity index is 1.70. The molecule has 0 heterocycles. The van der Waals surface area contributed by atoms with Crippen LogP contribution in [0.4, 0.5) is 14.5 Å². The lowest BCUT2D eigenvalue weighted by molar-refractivity contribution is 0.102. The minimum absolute atomic E-state index is 0.0548. The van der Waals surface area contributed by atoms with Crippen molar-refractivity contribution in [2.24, 2.45) is 0 Å². The number of hydrogen-bond donors (Lipinski definition) is 2. The highest BCUT2D eigenvalue weighted by Gasteiger charge is 2.21. The van der Waals surface area contributed by atoms with Crippen LogP contribution in [0.3, 0.4) is 0 Å². The van der Waals surface area contributed by atoms with Crippen molar-refractivity contribution in [1.29, 1.82) is 0 Å². The summed E-state index contributed by atoms with van der Waals surface area (Å²) < 4.78 is 26.6. The standard InChI is InChI=1S/C28H20ClF2NO2/c29-24-6-1-2-7-25(24)32-28(34)26-23(19-10-15-22(31)16-11-19)17-12-20(27(26)33)5-3-4-18-8-13-21(30)14-9-18/h1-4,6-17,33H,5H2,(H,32,34)/b4-3+. The van der Waals surface area contributed by atoms with Crippen molar-refractivity contribution in [1.82, 2.24) is 0 Å². The molecule has 0 radical (unpaired) electrons. The summed E-state index contributed by atoms with van der Waals surface area (Å²) in [5.74, 6) is -1.46. The van der Waals surface area contributed by atoms with E-state index in [9.17, 15) is 18.7 Å². The first-order chi connectivity index (χ1) is 16.4. The molecule has 0 spiro atoms. The molecule has 170 valence electrons. The van der Waals surface area contributed by atoms with Gasteiger partial charge in [0, 0.05) is 0 Å². The van der Waals surface area contributed by atoms with Crippen LogP contribution >= 0.6 is 11.6 Å². The van der Waals surface area contributed by atoms with E-state index in [2.05, 4.69) is 5.32 Å². The molecule has 0 aromatic heterocycles. The Morgan fingerprint density at radius 3 is 2.21 bits per heavy atom. The molecular formula is C28H20ClF2NO2. The number of phenols is 1. The van der Waals surface area contributed by atoms with Gasteiger partial charge in [0.1, 0.15) is 17.4 Å². The van der Waals surface area contributed by atoms with E-state index in [-0.39, 0.29) is 17.1 Å². The minimum Gasteiger partial charge on any atom is -0.507 e. The van der Waals surface area contributed by atoms with E-state index in [4.69, 9.17) is 11.6 Å². The van der Waals surface area contributed by atoms with E-state index in [1.165, 1.54) is 24.3 Å². The number of nitrogens with one attached hydrogen (secondary N) is 1. The van der Waals surface area contributed by atoms with Gasteiger partial charge in [0.15, 0.2) is 0 Å². The summed E-state index contributed by atoms with van der Waals surface area (Å²) >= 11 is 6.19. The van der Waals surface area contributed by atoms with Gasteiger partial charge in [-0.05, 0) is 65.1 Å². The first-order valence-electron chi connectivity index (χ1n) is 10.5. The fourth-order valence-electron chi connectivity index (χ4n) is 3.54. The summed E-state index contributed by atoms with van der Waals surface area (Å²) in [5, 5.41) is 14.2. The van der Waals surface area contributed by atoms with Gasteiger partial charge in [0.25, 0.3) is 5.91 Å². The fraction of sp³-hybridized carbons (Fsp3) is 0.0357. The summed E-state index contributed by atoms with van der Waals surface area (Å²) in [6.45, 7) is 0. The zero-order valence-corrected chi connectivity index (χ0v) is 18.7. The zero-order valence-electron chi connectivity index (χ0n) is 17.9. The maximum Gasteiger partial charge on any atom is 0.260 e. The summed E-state index contributed by atoms with van der Waals surface area (Å²) in [7, 11) is 0. The number of hydrogen-bond acceptors (Lipinski definition) is 2. The molecule has 4 aromatic rings. The quantitative estimate of drug-likeness (QED) is 0.303. The van der Waals surface area contributed by atoms with Crippen molar-refractivity contribution in [2.75, 3.05) is 5.32 Å². The molecule has 0 bridgehead atoms. The van der Waals surface area contributed by atoms with Crippen LogP contribution in [0.5, 0.6) is 5.75 Å². The van der Waals surface area contributed by atoms with Gasteiger partial charge in [-0.15, -0.1) is 0 Å². The van der Waals surface area contributed by atoms with Crippen LogP contribution in [0.2, 0.25) is 5.02 Å². The van der Waals surface area contributed by atoms with Gasteiger partial charge in [0.2, 0.25) is 0 Å². The van der Waals surface area contributed by atoms with E-state index in [1.807, 2.05) is 6.08 Å². The first-order valence-corrected chi connectivity index (χ1v) is 10.9. The van der Waals surface area contributed by atoms with Crippen molar-refractivity contribution in [3.05, 3.63) is 124 Å². The molecule has 0 aliphatic heterocycles. The van der Waals surface area contributed by atoms with Crippen molar-refractivity contribution in [3.8, 4) is 16.9 Å². The average Bonchev–Trinajstić information content (AvgIpc) is 2.83.